The predicted octanol–water partition coefficient (Wildman–Crippen LogP) is 5.89. The molecule has 2 heterocycles. The number of fused-ring (bicyclic) bond motifs is 2. The van der Waals surface area contributed by atoms with Crippen molar-refractivity contribution in [3.63, 3.8) is 0 Å². The van der Waals surface area contributed by atoms with E-state index < -0.39 is 0 Å². The Labute approximate surface area is 263 Å². The van der Waals surface area contributed by atoms with Crippen LogP contribution in [-0.2, 0) is 0 Å². The highest BCUT2D eigenvalue weighted by molar-refractivity contribution is 6.28. The fraction of sp³-hybridized carbons (Fsp3) is 0.556. The standard InChI is InChI=1S/C36H50N6O2/c1-39(2)17-5-7-27-13-19-41(20-14-27)25-37-29-9-11-31-33(23-29)35(43)32-12-10-30(24-34(32)36(31)44)38-26-42-21-15-28(16-22-42)8-6-18-40(3)4/h9-12,23-28H,5-8,13-22H2,1-4H3/b37-25+,38-26+. The van der Waals surface area contributed by atoms with E-state index >= 15 is 0 Å². The summed E-state index contributed by atoms with van der Waals surface area (Å²) in [5.41, 5.74) is 3.14. The van der Waals surface area contributed by atoms with Crippen LogP contribution in [0.2, 0.25) is 0 Å². The molecule has 0 atom stereocenters. The van der Waals surface area contributed by atoms with Gasteiger partial charge in [-0.2, -0.15) is 0 Å². The maximum absolute atomic E-state index is 13.5. The number of nitrogens with zero attached hydrogens (tertiary/aromatic N) is 6. The first-order valence-corrected chi connectivity index (χ1v) is 16.5. The maximum Gasteiger partial charge on any atom is 0.194 e. The second-order valence-electron chi connectivity index (χ2n) is 13.5. The molecule has 0 spiro atoms. The molecule has 44 heavy (non-hydrogen) atoms. The fourth-order valence-corrected chi connectivity index (χ4v) is 6.69. The minimum Gasteiger partial charge on any atom is -0.363 e. The lowest BCUT2D eigenvalue weighted by atomic mass is 9.83. The van der Waals surface area contributed by atoms with Crippen molar-refractivity contribution in [2.24, 2.45) is 21.8 Å². The van der Waals surface area contributed by atoms with Crippen LogP contribution in [0.15, 0.2) is 46.4 Å². The van der Waals surface area contributed by atoms with E-state index in [-0.39, 0.29) is 11.6 Å². The quantitative estimate of drug-likeness (QED) is 0.191. The van der Waals surface area contributed by atoms with Gasteiger partial charge in [0.1, 0.15) is 0 Å². The third-order valence-corrected chi connectivity index (χ3v) is 9.46. The van der Waals surface area contributed by atoms with E-state index in [1.165, 1.54) is 51.4 Å². The zero-order chi connectivity index (χ0) is 31.1. The average Bonchev–Trinajstić information content (AvgIpc) is 3.02. The summed E-state index contributed by atoms with van der Waals surface area (Å²) in [6.07, 6.45) is 13.6. The van der Waals surface area contributed by atoms with Crippen molar-refractivity contribution in [1.29, 1.82) is 0 Å². The highest BCUT2D eigenvalue weighted by atomic mass is 16.1. The molecule has 0 N–H and O–H groups in total. The number of carbonyl (C=O) groups excluding carboxylic acids is 2. The molecule has 0 aromatic heterocycles. The zero-order valence-corrected chi connectivity index (χ0v) is 27.2. The Bertz CT molecular complexity index is 1250. The average molecular weight is 599 g/mol. The van der Waals surface area contributed by atoms with E-state index in [0.717, 1.165) is 51.1 Å². The van der Waals surface area contributed by atoms with Gasteiger partial charge in [-0.15, -0.1) is 0 Å². The summed E-state index contributed by atoms with van der Waals surface area (Å²) in [5, 5.41) is 0. The number of hydrogen-bond acceptors (Lipinski definition) is 6. The lowest BCUT2D eigenvalue weighted by Crippen LogP contribution is -2.32. The van der Waals surface area contributed by atoms with Crippen molar-refractivity contribution >= 4 is 35.6 Å². The van der Waals surface area contributed by atoms with Crippen LogP contribution in [0.25, 0.3) is 0 Å². The lowest BCUT2D eigenvalue weighted by molar-refractivity contribution is 0.0979. The molecule has 236 valence electrons. The summed E-state index contributed by atoms with van der Waals surface area (Å²) < 4.78 is 0. The van der Waals surface area contributed by atoms with Gasteiger partial charge in [0.25, 0.3) is 0 Å². The molecule has 2 saturated heterocycles. The van der Waals surface area contributed by atoms with Gasteiger partial charge >= 0.3 is 0 Å². The molecule has 2 fully saturated rings. The summed E-state index contributed by atoms with van der Waals surface area (Å²) in [6, 6.07) is 10.7. The van der Waals surface area contributed by atoms with E-state index in [2.05, 4.69) is 57.8 Å². The van der Waals surface area contributed by atoms with Gasteiger partial charge < -0.3 is 19.6 Å². The third-order valence-electron chi connectivity index (χ3n) is 9.46. The van der Waals surface area contributed by atoms with Crippen molar-refractivity contribution in [2.45, 2.75) is 51.4 Å². The van der Waals surface area contributed by atoms with Gasteiger partial charge in [0.15, 0.2) is 11.6 Å². The molecule has 1 aliphatic carbocycles. The molecule has 0 radical (unpaired) electrons. The zero-order valence-electron chi connectivity index (χ0n) is 27.2. The predicted molar refractivity (Wildman–Crippen MR) is 180 cm³/mol. The van der Waals surface area contributed by atoms with Crippen molar-refractivity contribution in [2.75, 3.05) is 67.5 Å². The third kappa shape index (κ3) is 8.42. The van der Waals surface area contributed by atoms with Gasteiger partial charge in [-0.25, -0.2) is 9.98 Å². The molecule has 0 unspecified atom stereocenters. The molecule has 2 aromatic rings. The van der Waals surface area contributed by atoms with Gasteiger partial charge in [0, 0.05) is 48.4 Å². The van der Waals surface area contributed by atoms with Crippen LogP contribution in [-0.4, -0.2) is 111 Å². The number of rotatable bonds is 12. The van der Waals surface area contributed by atoms with Crippen LogP contribution in [0.5, 0.6) is 0 Å². The molecular weight excluding hydrogens is 548 g/mol. The molecule has 5 rings (SSSR count). The number of ketones is 2. The minimum absolute atomic E-state index is 0.128. The Kier molecular flexibility index (Phi) is 11.0. The monoisotopic (exact) mass is 598 g/mol. The first-order chi connectivity index (χ1) is 21.3. The SMILES string of the molecule is CN(C)CCCC1CCN(/C=N/c2ccc3c(c2)C(=O)c2ccc(/N=C/N4CCC(CCCN(C)C)CC4)cc2C3=O)CC1. The molecule has 8 heteroatoms. The van der Waals surface area contributed by atoms with E-state index in [9.17, 15) is 9.59 Å². The van der Waals surface area contributed by atoms with E-state index in [4.69, 9.17) is 0 Å². The molecular formula is C36H50N6O2. The molecule has 0 bridgehead atoms. The Hall–Kier alpha value is -3.36. The second kappa shape index (κ2) is 15.1. The normalized spacial score (nSPS) is 18.3. The Balaban J connectivity index is 1.16. The highest BCUT2D eigenvalue weighted by Gasteiger charge is 2.30. The number of likely N-dealkylation sites (tertiary alicyclic amines) is 2. The fourth-order valence-electron chi connectivity index (χ4n) is 6.69. The van der Waals surface area contributed by atoms with Gasteiger partial charge in [0.2, 0.25) is 0 Å². The van der Waals surface area contributed by atoms with Crippen LogP contribution < -0.4 is 0 Å². The number of carbonyl (C=O) groups is 2. The van der Waals surface area contributed by atoms with Crippen molar-refractivity contribution < 1.29 is 9.59 Å². The Morgan fingerprint density at radius 1 is 0.636 bits per heavy atom. The topological polar surface area (TPSA) is 71.8 Å². The lowest BCUT2D eigenvalue weighted by Gasteiger charge is -2.30. The molecule has 2 aromatic carbocycles. The number of aliphatic imine (C=N–C) groups is 2. The van der Waals surface area contributed by atoms with Gasteiger partial charge in [-0.05, 0) is 141 Å². The number of piperidine rings is 2. The van der Waals surface area contributed by atoms with Crippen molar-refractivity contribution in [3.05, 3.63) is 58.7 Å². The summed E-state index contributed by atoms with van der Waals surface area (Å²) in [6.45, 7) is 6.33. The maximum atomic E-state index is 13.5. The Morgan fingerprint density at radius 3 is 1.39 bits per heavy atom. The number of hydrogen-bond donors (Lipinski definition) is 0. The molecule has 8 nitrogen and oxygen atoms in total. The van der Waals surface area contributed by atoms with Crippen LogP contribution in [0, 0.1) is 11.8 Å². The van der Waals surface area contributed by atoms with Crippen molar-refractivity contribution in [3.8, 4) is 0 Å². The summed E-state index contributed by atoms with van der Waals surface area (Å²) in [5.74, 6) is 1.33. The minimum atomic E-state index is -0.128. The van der Waals surface area contributed by atoms with E-state index in [0.29, 0.717) is 33.6 Å². The molecule has 0 amide bonds. The first-order valence-electron chi connectivity index (χ1n) is 16.5. The second-order valence-corrected chi connectivity index (χ2v) is 13.5. The van der Waals surface area contributed by atoms with Crippen LogP contribution in [0.3, 0.4) is 0 Å². The molecule has 2 aliphatic heterocycles. The van der Waals surface area contributed by atoms with Gasteiger partial charge in [-0.3, -0.25) is 9.59 Å². The summed E-state index contributed by atoms with van der Waals surface area (Å²) >= 11 is 0. The van der Waals surface area contributed by atoms with Crippen LogP contribution in [0.4, 0.5) is 11.4 Å². The summed E-state index contributed by atoms with van der Waals surface area (Å²) in [4.78, 5) is 45.3. The largest absolute Gasteiger partial charge is 0.363 e. The van der Waals surface area contributed by atoms with Crippen LogP contribution >= 0.6 is 0 Å². The van der Waals surface area contributed by atoms with Gasteiger partial charge in [0.05, 0.1) is 24.1 Å². The molecule has 0 saturated carbocycles. The first kappa shape index (κ1) is 32.0. The highest BCUT2D eigenvalue weighted by Crippen LogP contribution is 2.32. The summed E-state index contributed by atoms with van der Waals surface area (Å²) in [7, 11) is 8.53. The van der Waals surface area contributed by atoms with E-state index in [1.807, 2.05) is 24.8 Å². The molecule has 3 aliphatic rings. The van der Waals surface area contributed by atoms with Gasteiger partial charge in [-0.1, -0.05) is 0 Å². The smallest absolute Gasteiger partial charge is 0.194 e. The number of benzene rings is 2. The van der Waals surface area contributed by atoms with E-state index in [1.54, 1.807) is 24.3 Å². The Morgan fingerprint density at radius 2 is 1.02 bits per heavy atom. The van der Waals surface area contributed by atoms with Crippen molar-refractivity contribution in [1.82, 2.24) is 19.6 Å². The van der Waals surface area contributed by atoms with Crippen LogP contribution in [0.1, 0.15) is 83.2 Å².